The number of ether oxygens (including phenoxy) is 1. The van der Waals surface area contributed by atoms with E-state index in [0.29, 0.717) is 19.0 Å². The van der Waals surface area contributed by atoms with Gasteiger partial charge in [0.1, 0.15) is 5.75 Å². The van der Waals surface area contributed by atoms with Gasteiger partial charge < -0.3 is 4.74 Å². The molecule has 3 rings (SSSR count). The lowest BCUT2D eigenvalue weighted by molar-refractivity contribution is 0.191. The summed E-state index contributed by atoms with van der Waals surface area (Å²) in [5.41, 5.74) is 1.19. The maximum atomic E-state index is 12.7. The molecule has 1 unspecified atom stereocenters. The van der Waals surface area contributed by atoms with Crippen molar-refractivity contribution in [3.8, 4) is 5.75 Å². The van der Waals surface area contributed by atoms with E-state index in [4.69, 9.17) is 4.74 Å². The second kappa shape index (κ2) is 8.69. The minimum Gasteiger partial charge on any atom is -0.497 e. The SMILES string of the molecule is COc1cccc(CN2CCCC(NS(=O)(=O)N3CCC(C)CC3)C2)c1. The number of benzene rings is 1. The molecule has 2 heterocycles. The van der Waals surface area contributed by atoms with E-state index in [0.717, 1.165) is 51.1 Å². The molecule has 0 spiro atoms. The van der Waals surface area contributed by atoms with Crippen LogP contribution in [0.2, 0.25) is 0 Å². The number of piperidine rings is 2. The molecule has 0 amide bonds. The van der Waals surface area contributed by atoms with Gasteiger partial charge in [-0.15, -0.1) is 0 Å². The Balaban J connectivity index is 1.56. The van der Waals surface area contributed by atoms with Gasteiger partial charge in [-0.25, -0.2) is 0 Å². The summed E-state index contributed by atoms with van der Waals surface area (Å²) in [6, 6.07) is 8.05. The average molecular weight is 382 g/mol. The number of rotatable bonds is 6. The molecule has 146 valence electrons. The second-order valence-corrected chi connectivity index (χ2v) is 9.33. The van der Waals surface area contributed by atoms with Crippen LogP contribution >= 0.6 is 0 Å². The van der Waals surface area contributed by atoms with Crippen LogP contribution in [-0.4, -0.2) is 57.0 Å². The molecule has 2 aliphatic heterocycles. The summed E-state index contributed by atoms with van der Waals surface area (Å²) >= 11 is 0. The highest BCUT2D eigenvalue weighted by molar-refractivity contribution is 7.87. The fraction of sp³-hybridized carbons (Fsp3) is 0.684. The number of methoxy groups -OCH3 is 1. The molecule has 0 aromatic heterocycles. The van der Waals surface area contributed by atoms with Crippen LogP contribution in [0.25, 0.3) is 0 Å². The largest absolute Gasteiger partial charge is 0.497 e. The normalized spacial score (nSPS) is 23.8. The Morgan fingerprint density at radius 1 is 1.19 bits per heavy atom. The van der Waals surface area contributed by atoms with Crippen LogP contribution < -0.4 is 9.46 Å². The van der Waals surface area contributed by atoms with Crippen molar-refractivity contribution in [1.82, 2.24) is 13.9 Å². The predicted molar refractivity (Wildman–Crippen MR) is 103 cm³/mol. The quantitative estimate of drug-likeness (QED) is 0.821. The van der Waals surface area contributed by atoms with Gasteiger partial charge >= 0.3 is 0 Å². The Kier molecular flexibility index (Phi) is 6.55. The molecule has 1 N–H and O–H groups in total. The summed E-state index contributed by atoms with van der Waals surface area (Å²) in [7, 11) is -1.70. The minimum atomic E-state index is -3.38. The fourth-order valence-corrected chi connectivity index (χ4v) is 5.29. The zero-order valence-electron chi connectivity index (χ0n) is 15.9. The summed E-state index contributed by atoms with van der Waals surface area (Å²) in [5, 5.41) is 0. The molecule has 0 saturated carbocycles. The van der Waals surface area contributed by atoms with Crippen LogP contribution in [0.4, 0.5) is 0 Å². The molecule has 1 atom stereocenters. The predicted octanol–water partition coefficient (Wildman–Crippen LogP) is 2.23. The van der Waals surface area contributed by atoms with E-state index >= 15 is 0 Å². The van der Waals surface area contributed by atoms with E-state index in [1.54, 1.807) is 11.4 Å². The summed E-state index contributed by atoms with van der Waals surface area (Å²) in [6.07, 6.45) is 3.81. The molecule has 1 aromatic rings. The van der Waals surface area contributed by atoms with Gasteiger partial charge in [-0.05, 0) is 55.8 Å². The van der Waals surface area contributed by atoms with Gasteiger partial charge in [0.05, 0.1) is 7.11 Å². The maximum absolute atomic E-state index is 12.7. The van der Waals surface area contributed by atoms with Crippen LogP contribution in [0.5, 0.6) is 5.75 Å². The smallest absolute Gasteiger partial charge is 0.279 e. The molecule has 2 fully saturated rings. The van der Waals surface area contributed by atoms with Gasteiger partial charge in [-0.1, -0.05) is 19.1 Å². The van der Waals surface area contributed by atoms with Crippen molar-refractivity contribution >= 4 is 10.2 Å². The van der Waals surface area contributed by atoms with Gasteiger partial charge in [0.15, 0.2) is 0 Å². The number of hydrogen-bond acceptors (Lipinski definition) is 4. The third-order valence-electron chi connectivity index (χ3n) is 5.44. The second-order valence-electron chi connectivity index (χ2n) is 7.63. The standard InChI is InChI=1S/C19H31N3O3S/c1-16-8-11-22(12-9-16)26(23,24)20-18-6-4-10-21(15-18)14-17-5-3-7-19(13-17)25-2/h3,5,7,13,16,18,20H,4,6,8-12,14-15H2,1-2H3. The molecule has 0 bridgehead atoms. The Hall–Kier alpha value is -1.15. The zero-order chi connectivity index (χ0) is 18.6. The van der Waals surface area contributed by atoms with E-state index in [-0.39, 0.29) is 6.04 Å². The third kappa shape index (κ3) is 5.19. The fourth-order valence-electron chi connectivity index (χ4n) is 3.83. The van der Waals surface area contributed by atoms with Crippen molar-refractivity contribution in [1.29, 1.82) is 0 Å². The highest BCUT2D eigenvalue weighted by Crippen LogP contribution is 2.21. The van der Waals surface area contributed by atoms with Gasteiger partial charge in [-0.2, -0.15) is 17.4 Å². The first-order valence-electron chi connectivity index (χ1n) is 9.59. The monoisotopic (exact) mass is 381 g/mol. The van der Waals surface area contributed by atoms with Crippen LogP contribution in [0.3, 0.4) is 0 Å². The average Bonchev–Trinajstić information content (AvgIpc) is 2.62. The van der Waals surface area contributed by atoms with Gasteiger partial charge in [-0.3, -0.25) is 4.90 Å². The van der Waals surface area contributed by atoms with E-state index in [2.05, 4.69) is 22.6 Å². The van der Waals surface area contributed by atoms with E-state index in [9.17, 15) is 8.42 Å². The first kappa shape index (κ1) is 19.6. The molecule has 0 radical (unpaired) electrons. The lowest BCUT2D eigenvalue weighted by Gasteiger charge is -2.35. The molecule has 7 heteroatoms. The lowest BCUT2D eigenvalue weighted by atomic mass is 10.0. The van der Waals surface area contributed by atoms with E-state index in [1.165, 1.54) is 5.56 Å². The number of likely N-dealkylation sites (tertiary alicyclic amines) is 1. The van der Waals surface area contributed by atoms with Crippen molar-refractivity contribution in [2.75, 3.05) is 33.3 Å². The first-order chi connectivity index (χ1) is 12.5. The molecule has 2 saturated heterocycles. The van der Waals surface area contributed by atoms with Crippen LogP contribution in [-0.2, 0) is 16.8 Å². The van der Waals surface area contributed by atoms with Crippen molar-refractivity contribution in [2.24, 2.45) is 5.92 Å². The molecule has 26 heavy (non-hydrogen) atoms. The van der Waals surface area contributed by atoms with E-state index < -0.39 is 10.2 Å². The summed E-state index contributed by atoms with van der Waals surface area (Å²) < 4.78 is 35.2. The maximum Gasteiger partial charge on any atom is 0.279 e. The number of hydrogen-bond donors (Lipinski definition) is 1. The van der Waals surface area contributed by atoms with Crippen molar-refractivity contribution < 1.29 is 13.2 Å². The molecule has 1 aromatic carbocycles. The molecule has 2 aliphatic rings. The Morgan fingerprint density at radius 3 is 2.69 bits per heavy atom. The van der Waals surface area contributed by atoms with Gasteiger partial charge in [0.2, 0.25) is 0 Å². The molecular weight excluding hydrogens is 350 g/mol. The Morgan fingerprint density at radius 2 is 1.96 bits per heavy atom. The van der Waals surface area contributed by atoms with E-state index in [1.807, 2.05) is 18.2 Å². The van der Waals surface area contributed by atoms with Crippen LogP contribution in [0.15, 0.2) is 24.3 Å². The number of nitrogens with one attached hydrogen (secondary N) is 1. The van der Waals surface area contributed by atoms with Crippen LogP contribution in [0.1, 0.15) is 38.2 Å². The molecule has 0 aliphatic carbocycles. The third-order valence-corrected chi connectivity index (χ3v) is 7.12. The summed E-state index contributed by atoms with van der Waals surface area (Å²) in [4.78, 5) is 2.32. The lowest BCUT2D eigenvalue weighted by Crippen LogP contribution is -2.52. The topological polar surface area (TPSA) is 61.9 Å². The van der Waals surface area contributed by atoms with Crippen molar-refractivity contribution in [2.45, 2.75) is 45.2 Å². The number of nitrogens with zero attached hydrogens (tertiary/aromatic N) is 2. The highest BCUT2D eigenvalue weighted by Gasteiger charge is 2.30. The van der Waals surface area contributed by atoms with Gasteiger partial charge in [0.25, 0.3) is 10.2 Å². The first-order valence-corrected chi connectivity index (χ1v) is 11.0. The summed E-state index contributed by atoms with van der Waals surface area (Å²) in [6.45, 7) is 6.02. The Labute approximate surface area is 157 Å². The Bertz CT molecular complexity index is 687. The van der Waals surface area contributed by atoms with Crippen molar-refractivity contribution in [3.63, 3.8) is 0 Å². The highest BCUT2D eigenvalue weighted by atomic mass is 32.2. The van der Waals surface area contributed by atoms with Crippen molar-refractivity contribution in [3.05, 3.63) is 29.8 Å². The van der Waals surface area contributed by atoms with Gasteiger partial charge in [0, 0.05) is 32.2 Å². The molecular formula is C19H31N3O3S. The molecule has 6 nitrogen and oxygen atoms in total. The minimum absolute atomic E-state index is 0.0151. The van der Waals surface area contributed by atoms with Crippen LogP contribution in [0, 0.1) is 5.92 Å². The summed E-state index contributed by atoms with van der Waals surface area (Å²) in [5.74, 6) is 1.48. The zero-order valence-corrected chi connectivity index (χ0v) is 16.7.